The van der Waals surface area contributed by atoms with Gasteiger partial charge in [0, 0.05) is 17.0 Å². The van der Waals surface area contributed by atoms with Crippen LogP contribution in [0.5, 0.6) is 0 Å². The first-order valence-electron chi connectivity index (χ1n) is 6.18. The van der Waals surface area contributed by atoms with E-state index in [0.29, 0.717) is 5.41 Å². The molecule has 1 saturated heterocycles. The highest BCUT2D eigenvalue weighted by Crippen LogP contribution is 2.53. The van der Waals surface area contributed by atoms with Crippen LogP contribution < -0.4 is 5.32 Å². The second kappa shape index (κ2) is 4.04. The maximum atomic E-state index is 6.18. The van der Waals surface area contributed by atoms with Crippen LogP contribution in [0.25, 0.3) is 0 Å². The monoisotopic (exact) mass is 257 g/mol. The third kappa shape index (κ3) is 1.56. The Morgan fingerprint density at radius 2 is 2.19 bits per heavy atom. The summed E-state index contributed by atoms with van der Waals surface area (Å²) in [5.74, 6) is 0.833. The van der Waals surface area contributed by atoms with Gasteiger partial charge in [-0.25, -0.2) is 0 Å². The normalized spacial score (nSPS) is 38.9. The lowest BCUT2D eigenvalue weighted by Gasteiger charge is -2.33. The number of rotatable bonds is 1. The Hall–Kier alpha value is 0.0200. The van der Waals surface area contributed by atoms with E-state index in [1.807, 2.05) is 0 Å². The molecule has 0 aromatic carbocycles. The summed E-state index contributed by atoms with van der Waals surface area (Å²) in [5, 5.41) is 5.16. The number of allylic oxidation sites excluding steroid dienone is 3. The third-order valence-corrected chi connectivity index (χ3v) is 5.43. The average molecular weight is 258 g/mol. The molecule has 16 heavy (non-hydrogen) atoms. The molecule has 1 nitrogen and oxygen atoms in total. The fourth-order valence-corrected chi connectivity index (χ4v) is 4.12. The topological polar surface area (TPSA) is 12.0 Å². The van der Waals surface area contributed by atoms with E-state index in [1.54, 1.807) is 5.57 Å². The molecule has 0 aromatic rings. The number of nitrogens with one attached hydrogen (secondary N) is 1. The number of halogens is 2. The highest BCUT2D eigenvalue weighted by molar-refractivity contribution is 6.40. The van der Waals surface area contributed by atoms with Gasteiger partial charge < -0.3 is 5.32 Å². The quantitative estimate of drug-likeness (QED) is 0.754. The van der Waals surface area contributed by atoms with Gasteiger partial charge >= 0.3 is 0 Å². The van der Waals surface area contributed by atoms with Gasteiger partial charge in [-0.05, 0) is 44.2 Å². The number of hydrogen-bond acceptors (Lipinski definition) is 1. The predicted octanol–water partition coefficient (Wildman–Crippen LogP) is 3.79. The zero-order valence-corrected chi connectivity index (χ0v) is 10.9. The molecule has 2 aliphatic carbocycles. The summed E-state index contributed by atoms with van der Waals surface area (Å²) >= 11 is 12.2. The van der Waals surface area contributed by atoms with Gasteiger partial charge in [0.1, 0.15) is 0 Å². The van der Waals surface area contributed by atoms with Crippen molar-refractivity contribution in [1.29, 1.82) is 0 Å². The molecular formula is C13H17Cl2N. The van der Waals surface area contributed by atoms with Crippen molar-refractivity contribution in [2.45, 2.75) is 32.1 Å². The van der Waals surface area contributed by atoms with Gasteiger partial charge in [0.05, 0.1) is 5.03 Å². The summed E-state index contributed by atoms with van der Waals surface area (Å²) in [6, 6.07) is 0. The Balaban J connectivity index is 1.95. The molecule has 3 heteroatoms. The first-order valence-corrected chi connectivity index (χ1v) is 6.94. The van der Waals surface area contributed by atoms with Crippen molar-refractivity contribution in [3.8, 4) is 0 Å². The molecule has 2 fully saturated rings. The second-order valence-electron chi connectivity index (χ2n) is 5.30. The first kappa shape index (κ1) is 11.1. The first-order chi connectivity index (χ1) is 7.72. The maximum absolute atomic E-state index is 6.18. The van der Waals surface area contributed by atoms with E-state index >= 15 is 0 Å². The SMILES string of the molecule is ClC1=C(Cl)CCC(C23CCCC2CNC3)=C1. The van der Waals surface area contributed by atoms with Crippen LogP contribution in [0.1, 0.15) is 32.1 Å². The van der Waals surface area contributed by atoms with Gasteiger partial charge in [-0.3, -0.25) is 0 Å². The summed E-state index contributed by atoms with van der Waals surface area (Å²) in [7, 11) is 0. The van der Waals surface area contributed by atoms with Crippen LogP contribution in [0.15, 0.2) is 21.7 Å². The number of fused-ring (bicyclic) bond motifs is 1. The molecular weight excluding hydrogens is 241 g/mol. The van der Waals surface area contributed by atoms with E-state index in [9.17, 15) is 0 Å². The van der Waals surface area contributed by atoms with Crippen molar-refractivity contribution in [2.75, 3.05) is 13.1 Å². The molecule has 3 aliphatic rings. The molecule has 3 rings (SSSR count). The second-order valence-corrected chi connectivity index (χ2v) is 6.16. The summed E-state index contributed by atoms with van der Waals surface area (Å²) < 4.78 is 0. The van der Waals surface area contributed by atoms with Gasteiger partial charge in [-0.2, -0.15) is 0 Å². The maximum Gasteiger partial charge on any atom is 0.0550 e. The van der Waals surface area contributed by atoms with Crippen LogP contribution in [0.3, 0.4) is 0 Å². The van der Waals surface area contributed by atoms with E-state index in [4.69, 9.17) is 23.2 Å². The largest absolute Gasteiger partial charge is 0.316 e. The molecule has 1 N–H and O–H groups in total. The Kier molecular flexibility index (Phi) is 2.81. The van der Waals surface area contributed by atoms with Crippen molar-refractivity contribution in [1.82, 2.24) is 5.32 Å². The van der Waals surface area contributed by atoms with Crippen molar-refractivity contribution >= 4 is 23.2 Å². The minimum atomic E-state index is 0.414. The van der Waals surface area contributed by atoms with Crippen LogP contribution in [-0.2, 0) is 0 Å². The zero-order valence-electron chi connectivity index (χ0n) is 9.36. The molecule has 2 atom stereocenters. The molecule has 0 spiro atoms. The smallest absolute Gasteiger partial charge is 0.0550 e. The molecule has 1 saturated carbocycles. The molecule has 0 amide bonds. The Morgan fingerprint density at radius 3 is 3.00 bits per heavy atom. The molecule has 1 aliphatic heterocycles. The molecule has 1 heterocycles. The van der Waals surface area contributed by atoms with E-state index in [2.05, 4.69) is 11.4 Å². The number of hydrogen-bond donors (Lipinski definition) is 1. The van der Waals surface area contributed by atoms with Crippen LogP contribution in [0.4, 0.5) is 0 Å². The van der Waals surface area contributed by atoms with E-state index in [-0.39, 0.29) is 0 Å². The van der Waals surface area contributed by atoms with Crippen molar-refractivity contribution in [3.05, 3.63) is 21.7 Å². The third-order valence-electron chi connectivity index (χ3n) is 4.60. The standard InChI is InChI=1S/C13H17Cl2N/c14-11-4-3-9(6-12(11)15)13-5-1-2-10(13)7-16-8-13/h6,10,16H,1-5,7-8H2. The van der Waals surface area contributed by atoms with Gasteiger partial charge in [0.15, 0.2) is 0 Å². The van der Waals surface area contributed by atoms with E-state index in [0.717, 1.165) is 35.4 Å². The van der Waals surface area contributed by atoms with Gasteiger partial charge in [-0.1, -0.05) is 35.2 Å². The lowest BCUT2D eigenvalue weighted by molar-refractivity contribution is 0.323. The Labute approximate surface area is 107 Å². The van der Waals surface area contributed by atoms with Crippen molar-refractivity contribution in [2.24, 2.45) is 11.3 Å². The van der Waals surface area contributed by atoms with Crippen LogP contribution in [0.2, 0.25) is 0 Å². The molecule has 88 valence electrons. The molecule has 2 unspecified atom stereocenters. The minimum Gasteiger partial charge on any atom is -0.316 e. The Morgan fingerprint density at radius 1 is 1.31 bits per heavy atom. The fraction of sp³-hybridized carbons (Fsp3) is 0.692. The van der Waals surface area contributed by atoms with Crippen LogP contribution >= 0.6 is 23.2 Å². The summed E-state index contributed by atoms with van der Waals surface area (Å²) in [6.45, 7) is 2.33. The lowest BCUT2D eigenvalue weighted by Crippen LogP contribution is -2.29. The molecule has 0 bridgehead atoms. The van der Waals surface area contributed by atoms with E-state index < -0.39 is 0 Å². The minimum absolute atomic E-state index is 0.414. The summed E-state index contributed by atoms with van der Waals surface area (Å²) in [5.41, 5.74) is 1.96. The van der Waals surface area contributed by atoms with Crippen LogP contribution in [-0.4, -0.2) is 13.1 Å². The summed E-state index contributed by atoms with van der Waals surface area (Å²) in [4.78, 5) is 0. The fourth-order valence-electron chi connectivity index (χ4n) is 3.74. The highest BCUT2D eigenvalue weighted by atomic mass is 35.5. The van der Waals surface area contributed by atoms with Gasteiger partial charge in [0.25, 0.3) is 0 Å². The molecule has 0 radical (unpaired) electrons. The van der Waals surface area contributed by atoms with Crippen molar-refractivity contribution < 1.29 is 0 Å². The lowest BCUT2D eigenvalue weighted by atomic mass is 9.71. The Bertz CT molecular complexity index is 360. The van der Waals surface area contributed by atoms with Crippen molar-refractivity contribution in [3.63, 3.8) is 0 Å². The average Bonchev–Trinajstić information content (AvgIpc) is 2.81. The zero-order chi connectivity index (χ0) is 11.2. The van der Waals surface area contributed by atoms with Gasteiger partial charge in [0.2, 0.25) is 0 Å². The summed E-state index contributed by atoms with van der Waals surface area (Å²) in [6.07, 6.45) is 8.27. The van der Waals surface area contributed by atoms with Crippen LogP contribution in [0, 0.1) is 11.3 Å². The molecule has 0 aromatic heterocycles. The highest BCUT2D eigenvalue weighted by Gasteiger charge is 2.48. The van der Waals surface area contributed by atoms with E-state index in [1.165, 1.54) is 25.8 Å². The predicted molar refractivity (Wildman–Crippen MR) is 68.7 cm³/mol. The van der Waals surface area contributed by atoms with Gasteiger partial charge in [-0.15, -0.1) is 0 Å².